The van der Waals surface area contributed by atoms with Gasteiger partial charge in [0.1, 0.15) is 6.07 Å². The zero-order valence-corrected chi connectivity index (χ0v) is 19.2. The van der Waals surface area contributed by atoms with Crippen molar-refractivity contribution in [1.82, 2.24) is 14.3 Å². The first kappa shape index (κ1) is 21.7. The third kappa shape index (κ3) is 4.14. The quantitative estimate of drug-likeness (QED) is 0.529. The van der Waals surface area contributed by atoms with Crippen molar-refractivity contribution in [1.29, 1.82) is 5.26 Å². The summed E-state index contributed by atoms with van der Waals surface area (Å²) in [4.78, 5) is 19.5. The molecule has 31 heavy (non-hydrogen) atoms. The van der Waals surface area contributed by atoms with E-state index in [9.17, 15) is 18.5 Å². The number of amides is 1. The van der Waals surface area contributed by atoms with E-state index >= 15 is 0 Å². The molecule has 0 radical (unpaired) electrons. The fourth-order valence-electron chi connectivity index (χ4n) is 4.15. The molecule has 1 aliphatic rings. The standard InChI is InChI=1S/C22H24N4O3S2/c1-3-9-25(16-8-10-31(28,29)14-16)20(27)13-30-21-11-15(2)17(12-23)22-24-18-6-4-5-7-19(18)26(21)22/h4-7,11,16H,3,8-10,13-14H2,1-2H3/t16-/m1/s1. The maximum atomic E-state index is 13.1. The molecule has 0 spiro atoms. The van der Waals surface area contributed by atoms with Crippen molar-refractivity contribution in [3.63, 3.8) is 0 Å². The third-order valence-electron chi connectivity index (χ3n) is 5.63. The molecule has 1 fully saturated rings. The van der Waals surface area contributed by atoms with Gasteiger partial charge in [0.15, 0.2) is 15.5 Å². The van der Waals surface area contributed by atoms with Crippen LogP contribution in [0.1, 0.15) is 30.9 Å². The maximum absolute atomic E-state index is 13.1. The lowest BCUT2D eigenvalue weighted by molar-refractivity contribution is -0.130. The van der Waals surface area contributed by atoms with Gasteiger partial charge in [-0.15, -0.1) is 0 Å². The van der Waals surface area contributed by atoms with E-state index in [1.54, 1.807) is 4.90 Å². The lowest BCUT2D eigenvalue weighted by atomic mass is 10.2. The number of rotatable bonds is 6. The minimum Gasteiger partial charge on any atom is -0.338 e. The summed E-state index contributed by atoms with van der Waals surface area (Å²) in [6.45, 7) is 4.41. The number of benzene rings is 1. The van der Waals surface area contributed by atoms with E-state index < -0.39 is 9.84 Å². The van der Waals surface area contributed by atoms with Crippen LogP contribution in [-0.4, -0.2) is 58.5 Å². The molecule has 1 amide bonds. The molecule has 4 rings (SSSR count). The summed E-state index contributed by atoms with van der Waals surface area (Å²) in [6.07, 6.45) is 1.28. The number of nitrogens with zero attached hydrogens (tertiary/aromatic N) is 4. The number of nitriles is 1. The summed E-state index contributed by atoms with van der Waals surface area (Å²) >= 11 is 1.40. The Labute approximate surface area is 186 Å². The van der Waals surface area contributed by atoms with Crippen LogP contribution >= 0.6 is 11.8 Å². The number of hydrogen-bond acceptors (Lipinski definition) is 6. The van der Waals surface area contributed by atoms with Gasteiger partial charge in [0.25, 0.3) is 0 Å². The molecule has 1 aromatic carbocycles. The van der Waals surface area contributed by atoms with Crippen LogP contribution in [0.3, 0.4) is 0 Å². The second-order valence-electron chi connectivity index (χ2n) is 7.84. The molecular formula is C22H24N4O3S2. The number of hydrogen-bond donors (Lipinski definition) is 0. The molecule has 1 atom stereocenters. The van der Waals surface area contributed by atoms with Crippen LogP contribution in [0.2, 0.25) is 0 Å². The van der Waals surface area contributed by atoms with Gasteiger partial charge in [-0.1, -0.05) is 30.8 Å². The second kappa shape index (κ2) is 8.52. The van der Waals surface area contributed by atoms with Gasteiger partial charge in [-0.25, -0.2) is 13.4 Å². The van der Waals surface area contributed by atoms with Crippen LogP contribution in [0.15, 0.2) is 35.4 Å². The van der Waals surface area contributed by atoms with Crippen LogP contribution in [0.25, 0.3) is 16.7 Å². The smallest absolute Gasteiger partial charge is 0.233 e. The molecule has 0 saturated carbocycles. The van der Waals surface area contributed by atoms with Gasteiger partial charge in [-0.05, 0) is 43.5 Å². The highest BCUT2D eigenvalue weighted by atomic mass is 32.2. The van der Waals surface area contributed by atoms with Crippen molar-refractivity contribution in [3.05, 3.63) is 41.5 Å². The van der Waals surface area contributed by atoms with Crippen LogP contribution < -0.4 is 0 Å². The van der Waals surface area contributed by atoms with E-state index in [-0.39, 0.29) is 29.2 Å². The van der Waals surface area contributed by atoms with E-state index in [1.807, 2.05) is 48.6 Å². The van der Waals surface area contributed by atoms with Crippen molar-refractivity contribution in [2.45, 2.75) is 37.8 Å². The average Bonchev–Trinajstić information content (AvgIpc) is 3.30. The van der Waals surface area contributed by atoms with Gasteiger partial charge in [0.05, 0.1) is 38.9 Å². The van der Waals surface area contributed by atoms with Crippen molar-refractivity contribution >= 4 is 44.2 Å². The summed E-state index contributed by atoms with van der Waals surface area (Å²) in [5, 5.41) is 10.5. The van der Waals surface area contributed by atoms with Crippen molar-refractivity contribution < 1.29 is 13.2 Å². The number of aromatic nitrogens is 2. The first-order valence-electron chi connectivity index (χ1n) is 10.3. The highest BCUT2D eigenvalue weighted by Gasteiger charge is 2.34. The molecule has 9 heteroatoms. The van der Waals surface area contributed by atoms with Crippen LogP contribution in [-0.2, 0) is 14.6 Å². The Morgan fingerprint density at radius 3 is 2.84 bits per heavy atom. The van der Waals surface area contributed by atoms with Crippen molar-refractivity contribution in [2.75, 3.05) is 23.8 Å². The third-order valence-corrected chi connectivity index (χ3v) is 8.37. The second-order valence-corrected chi connectivity index (χ2v) is 11.1. The van der Waals surface area contributed by atoms with Gasteiger partial charge in [0.2, 0.25) is 5.91 Å². The minimum atomic E-state index is -3.06. The van der Waals surface area contributed by atoms with Crippen LogP contribution in [0, 0.1) is 18.3 Å². The molecule has 7 nitrogen and oxygen atoms in total. The first-order chi connectivity index (χ1) is 14.8. The number of carbonyl (C=O) groups is 1. The zero-order valence-electron chi connectivity index (χ0n) is 17.5. The molecule has 1 saturated heterocycles. The Kier molecular flexibility index (Phi) is 5.95. The Morgan fingerprint density at radius 1 is 1.39 bits per heavy atom. The monoisotopic (exact) mass is 456 g/mol. The summed E-state index contributed by atoms with van der Waals surface area (Å²) in [7, 11) is -3.06. The zero-order chi connectivity index (χ0) is 22.2. The fraction of sp³-hybridized carbons (Fsp3) is 0.409. The molecular weight excluding hydrogens is 432 g/mol. The summed E-state index contributed by atoms with van der Waals surface area (Å²) in [5.74, 6) is 0.335. The Morgan fingerprint density at radius 2 is 2.16 bits per heavy atom. The van der Waals surface area contributed by atoms with E-state index in [4.69, 9.17) is 0 Å². The molecule has 0 aliphatic carbocycles. The van der Waals surface area contributed by atoms with E-state index in [0.29, 0.717) is 24.2 Å². The molecule has 0 N–H and O–H groups in total. The average molecular weight is 457 g/mol. The topological polar surface area (TPSA) is 95.5 Å². The van der Waals surface area contributed by atoms with Gasteiger partial charge in [-0.3, -0.25) is 9.20 Å². The predicted octanol–water partition coefficient (Wildman–Crippen LogP) is 3.19. The normalized spacial score (nSPS) is 17.8. The van der Waals surface area contributed by atoms with Crippen LogP contribution in [0.5, 0.6) is 0 Å². The van der Waals surface area contributed by atoms with Gasteiger partial charge < -0.3 is 4.90 Å². The number of sulfone groups is 1. The number of fused-ring (bicyclic) bond motifs is 3. The molecule has 3 heterocycles. The molecule has 2 aromatic heterocycles. The maximum Gasteiger partial charge on any atom is 0.233 e. The summed E-state index contributed by atoms with van der Waals surface area (Å²) in [5.41, 5.74) is 3.60. The Balaban J connectivity index is 1.65. The molecule has 3 aromatic rings. The number of aryl methyl sites for hydroxylation is 1. The Hall–Kier alpha value is -2.57. The number of carbonyl (C=O) groups excluding carboxylic acids is 1. The van der Waals surface area contributed by atoms with Gasteiger partial charge in [-0.2, -0.15) is 5.26 Å². The fourth-order valence-corrected chi connectivity index (χ4v) is 6.89. The van der Waals surface area contributed by atoms with Crippen LogP contribution in [0.4, 0.5) is 0 Å². The Bertz CT molecular complexity index is 1310. The summed E-state index contributed by atoms with van der Waals surface area (Å²) < 4.78 is 25.8. The van der Waals surface area contributed by atoms with Gasteiger partial charge >= 0.3 is 0 Å². The van der Waals surface area contributed by atoms with Crippen molar-refractivity contribution in [2.24, 2.45) is 0 Å². The number of imidazole rings is 1. The number of pyridine rings is 1. The highest BCUT2D eigenvalue weighted by Crippen LogP contribution is 2.30. The predicted molar refractivity (Wildman–Crippen MR) is 122 cm³/mol. The minimum absolute atomic E-state index is 0.0514. The summed E-state index contributed by atoms with van der Waals surface area (Å²) in [6, 6.07) is 11.6. The molecule has 162 valence electrons. The van der Waals surface area contributed by atoms with Crippen molar-refractivity contribution in [3.8, 4) is 6.07 Å². The molecule has 1 aliphatic heterocycles. The largest absolute Gasteiger partial charge is 0.338 e. The lowest BCUT2D eigenvalue weighted by Crippen LogP contribution is -2.42. The number of para-hydroxylation sites is 2. The number of thioether (sulfide) groups is 1. The SMILES string of the molecule is CCCN(C(=O)CSc1cc(C)c(C#N)c2nc3ccccc3n12)[C@@H]1CCS(=O)(=O)C1. The highest BCUT2D eigenvalue weighted by molar-refractivity contribution is 7.99. The van der Waals surface area contributed by atoms with E-state index in [2.05, 4.69) is 11.1 Å². The van der Waals surface area contributed by atoms with E-state index in [1.165, 1.54) is 11.8 Å². The molecule has 0 unspecified atom stereocenters. The lowest BCUT2D eigenvalue weighted by Gasteiger charge is -2.28. The van der Waals surface area contributed by atoms with Gasteiger partial charge in [0, 0.05) is 12.6 Å². The molecule has 0 bridgehead atoms. The van der Waals surface area contributed by atoms with E-state index in [0.717, 1.165) is 28.0 Å². The first-order valence-corrected chi connectivity index (χ1v) is 13.1.